The van der Waals surface area contributed by atoms with E-state index in [4.69, 9.17) is 9.47 Å². The Morgan fingerprint density at radius 2 is 1.59 bits per heavy atom. The summed E-state index contributed by atoms with van der Waals surface area (Å²) < 4.78 is 14.5. The van der Waals surface area contributed by atoms with Crippen LogP contribution in [0.2, 0.25) is 0 Å². The Morgan fingerprint density at radius 3 is 2.28 bits per heavy atom. The average Bonchev–Trinajstić information content (AvgIpc) is 2.70. The Balaban J connectivity index is 2.46. The summed E-state index contributed by atoms with van der Waals surface area (Å²) in [5.74, 6) is -0.979. The lowest BCUT2D eigenvalue weighted by molar-refractivity contribution is -0.138. The average molecular weight is 405 g/mol. The van der Waals surface area contributed by atoms with Crippen LogP contribution in [0.1, 0.15) is 5.56 Å². The molecule has 0 unspecified atom stereocenters. The lowest BCUT2D eigenvalue weighted by Crippen LogP contribution is -2.27. The Morgan fingerprint density at radius 1 is 0.931 bits per heavy atom. The van der Waals surface area contributed by atoms with Gasteiger partial charge in [-0.25, -0.2) is 14.4 Å². The number of rotatable bonds is 10. The van der Waals surface area contributed by atoms with Gasteiger partial charge in [0, 0.05) is 17.5 Å². The minimum atomic E-state index is -0.755. The molecule has 0 aliphatic carbocycles. The van der Waals surface area contributed by atoms with Crippen molar-refractivity contribution >= 4 is 35.4 Å². The summed E-state index contributed by atoms with van der Waals surface area (Å²) in [6.45, 7) is 8.21. The maximum absolute atomic E-state index is 11.8. The minimum absolute atomic E-state index is 0.0227. The van der Waals surface area contributed by atoms with Gasteiger partial charge in [0.15, 0.2) is 0 Å². The van der Waals surface area contributed by atoms with Gasteiger partial charge in [0.05, 0.1) is 6.54 Å². The van der Waals surface area contributed by atoms with E-state index >= 15 is 0 Å². The van der Waals surface area contributed by atoms with Crippen molar-refractivity contribution < 1.29 is 33.4 Å². The van der Waals surface area contributed by atoms with Crippen LogP contribution in [0.25, 0.3) is 0 Å². The summed E-state index contributed by atoms with van der Waals surface area (Å²) in [6.07, 6.45) is 0.643. The maximum atomic E-state index is 11.8. The van der Waals surface area contributed by atoms with Gasteiger partial charge in [0.25, 0.3) is 0 Å². The second kappa shape index (κ2) is 12.5. The first-order chi connectivity index (χ1) is 13.8. The molecule has 3 amide bonds. The molecule has 0 aliphatic rings. The van der Waals surface area contributed by atoms with Crippen LogP contribution in [0.5, 0.6) is 0 Å². The van der Waals surface area contributed by atoms with E-state index in [1.165, 1.54) is 6.07 Å². The molecule has 10 heteroatoms. The van der Waals surface area contributed by atoms with Gasteiger partial charge in [-0.3, -0.25) is 15.4 Å². The fourth-order valence-electron chi connectivity index (χ4n) is 1.86. The molecule has 0 spiro atoms. The fourth-order valence-corrected chi connectivity index (χ4v) is 1.86. The number of ether oxygens (including phenoxy) is 3. The molecule has 1 rings (SSSR count). The number of esters is 1. The molecule has 0 radical (unpaired) electrons. The highest BCUT2D eigenvalue weighted by atomic mass is 16.6. The maximum Gasteiger partial charge on any atom is 0.411 e. The predicted octanol–water partition coefficient (Wildman–Crippen LogP) is 2.12. The van der Waals surface area contributed by atoms with Crippen LogP contribution in [0.4, 0.5) is 21.0 Å². The van der Waals surface area contributed by atoms with E-state index in [2.05, 4.69) is 33.8 Å². The monoisotopic (exact) mass is 405 g/mol. The SMILES string of the molecule is C=CC(=O)NCCOC(=O)Nc1cc(NC(=O)OCCOC(=O)C=C)ccc1C. The van der Waals surface area contributed by atoms with Crippen LogP contribution in [-0.2, 0) is 23.8 Å². The summed E-state index contributed by atoms with van der Waals surface area (Å²) in [7, 11) is 0. The lowest BCUT2D eigenvalue weighted by Gasteiger charge is -2.12. The molecular weight excluding hydrogens is 382 g/mol. The topological polar surface area (TPSA) is 132 Å². The number of anilines is 2. The van der Waals surface area contributed by atoms with Crippen LogP contribution in [-0.4, -0.2) is 50.4 Å². The molecular formula is C19H23N3O7. The van der Waals surface area contributed by atoms with Gasteiger partial charge < -0.3 is 19.5 Å². The van der Waals surface area contributed by atoms with Crippen LogP contribution >= 0.6 is 0 Å². The fraction of sp³-hybridized carbons (Fsp3) is 0.263. The number of nitrogens with one attached hydrogen (secondary N) is 3. The molecule has 0 atom stereocenters. The van der Waals surface area contributed by atoms with Crippen LogP contribution in [0.3, 0.4) is 0 Å². The number of aryl methyl sites for hydroxylation is 1. The summed E-state index contributed by atoms with van der Waals surface area (Å²) in [6, 6.07) is 4.83. The Hall–Kier alpha value is -3.82. The van der Waals surface area contributed by atoms with Crippen molar-refractivity contribution in [1.29, 1.82) is 0 Å². The van der Waals surface area contributed by atoms with Gasteiger partial charge in [0.1, 0.15) is 19.8 Å². The first-order valence-electron chi connectivity index (χ1n) is 8.53. The summed E-state index contributed by atoms with van der Waals surface area (Å²) in [4.78, 5) is 45.4. The number of carbonyl (C=O) groups is 4. The Kier molecular flexibility index (Phi) is 10.0. The Labute approximate surface area is 167 Å². The predicted molar refractivity (Wildman–Crippen MR) is 105 cm³/mol. The van der Waals surface area contributed by atoms with Crippen molar-refractivity contribution in [3.8, 4) is 0 Å². The number of amides is 3. The molecule has 0 aliphatic heterocycles. The molecule has 10 nitrogen and oxygen atoms in total. The normalized spacial score (nSPS) is 9.55. The zero-order valence-electron chi connectivity index (χ0n) is 16.0. The quantitative estimate of drug-likeness (QED) is 0.235. The number of carbonyl (C=O) groups excluding carboxylic acids is 4. The van der Waals surface area contributed by atoms with E-state index in [1.807, 2.05) is 0 Å². The molecule has 0 bridgehead atoms. The third kappa shape index (κ3) is 9.61. The van der Waals surface area contributed by atoms with Crippen LogP contribution < -0.4 is 16.0 Å². The number of benzene rings is 1. The molecule has 0 saturated heterocycles. The third-order valence-electron chi connectivity index (χ3n) is 3.27. The van der Waals surface area contributed by atoms with Crippen molar-refractivity contribution in [2.75, 3.05) is 37.0 Å². The van der Waals surface area contributed by atoms with Crippen LogP contribution in [0, 0.1) is 6.92 Å². The lowest BCUT2D eigenvalue weighted by atomic mass is 10.2. The largest absolute Gasteiger partial charge is 0.459 e. The van der Waals surface area contributed by atoms with Gasteiger partial charge in [0.2, 0.25) is 5.91 Å². The number of hydrogen-bond donors (Lipinski definition) is 3. The molecule has 0 heterocycles. The molecule has 0 saturated carbocycles. The first kappa shape index (κ1) is 23.2. The molecule has 0 aromatic heterocycles. The zero-order chi connectivity index (χ0) is 21.6. The van der Waals surface area contributed by atoms with E-state index in [0.29, 0.717) is 11.4 Å². The highest BCUT2D eigenvalue weighted by molar-refractivity contribution is 5.90. The second-order valence-electron chi connectivity index (χ2n) is 5.42. The standard InChI is InChI=1S/C19H23N3O7/c1-4-16(23)20-8-9-28-19(26)22-15-12-14(7-6-13(15)3)21-18(25)29-11-10-27-17(24)5-2/h4-7,12H,1-2,8-11H2,3H3,(H,20,23)(H,21,25)(H,22,26). The molecule has 156 valence electrons. The van der Waals surface area contributed by atoms with E-state index in [1.54, 1.807) is 19.1 Å². The second-order valence-corrected chi connectivity index (χ2v) is 5.42. The molecule has 1 aromatic carbocycles. The molecule has 29 heavy (non-hydrogen) atoms. The van der Waals surface area contributed by atoms with Crippen molar-refractivity contribution in [3.63, 3.8) is 0 Å². The zero-order valence-corrected chi connectivity index (χ0v) is 16.0. The van der Waals surface area contributed by atoms with Gasteiger partial charge in [-0.05, 0) is 30.7 Å². The summed E-state index contributed by atoms with van der Waals surface area (Å²) >= 11 is 0. The van der Waals surface area contributed by atoms with Crippen molar-refractivity contribution in [3.05, 3.63) is 49.1 Å². The van der Waals surface area contributed by atoms with Crippen molar-refractivity contribution in [2.45, 2.75) is 6.92 Å². The van der Waals surface area contributed by atoms with Crippen molar-refractivity contribution in [2.24, 2.45) is 0 Å². The smallest absolute Gasteiger partial charge is 0.411 e. The van der Waals surface area contributed by atoms with Crippen LogP contribution in [0.15, 0.2) is 43.5 Å². The van der Waals surface area contributed by atoms with Gasteiger partial charge in [-0.1, -0.05) is 19.2 Å². The number of hydrogen-bond acceptors (Lipinski definition) is 7. The van der Waals surface area contributed by atoms with E-state index in [0.717, 1.165) is 17.7 Å². The molecule has 1 aromatic rings. The van der Waals surface area contributed by atoms with Crippen molar-refractivity contribution in [1.82, 2.24) is 5.32 Å². The Bertz CT molecular complexity index is 777. The van der Waals surface area contributed by atoms with E-state index < -0.39 is 18.2 Å². The third-order valence-corrected chi connectivity index (χ3v) is 3.27. The molecule has 3 N–H and O–H groups in total. The highest BCUT2D eigenvalue weighted by Crippen LogP contribution is 2.20. The first-order valence-corrected chi connectivity index (χ1v) is 8.53. The van der Waals surface area contributed by atoms with E-state index in [-0.39, 0.29) is 32.3 Å². The summed E-state index contributed by atoms with van der Waals surface area (Å²) in [5.41, 5.74) is 1.53. The summed E-state index contributed by atoms with van der Waals surface area (Å²) in [5, 5.41) is 7.50. The van der Waals surface area contributed by atoms with Gasteiger partial charge in [-0.2, -0.15) is 0 Å². The highest BCUT2D eigenvalue weighted by Gasteiger charge is 2.09. The molecule has 0 fully saturated rings. The van der Waals surface area contributed by atoms with E-state index in [9.17, 15) is 19.2 Å². The minimum Gasteiger partial charge on any atom is -0.459 e. The van der Waals surface area contributed by atoms with Gasteiger partial charge in [-0.15, -0.1) is 0 Å². The van der Waals surface area contributed by atoms with Gasteiger partial charge >= 0.3 is 18.2 Å².